The van der Waals surface area contributed by atoms with Gasteiger partial charge in [0.1, 0.15) is 11.5 Å². The summed E-state index contributed by atoms with van der Waals surface area (Å²) in [5.74, 6) is -0.00670. The van der Waals surface area contributed by atoms with Crippen LogP contribution in [0.15, 0.2) is 72.9 Å². The Kier molecular flexibility index (Phi) is 5.97. The Morgan fingerprint density at radius 3 is 2.25 bits per heavy atom. The van der Waals surface area contributed by atoms with Crippen molar-refractivity contribution in [3.63, 3.8) is 0 Å². The highest BCUT2D eigenvalue weighted by Crippen LogP contribution is 2.36. The van der Waals surface area contributed by atoms with Crippen LogP contribution in [0, 0.1) is 0 Å². The normalized spacial score (nSPS) is 10.9. The van der Waals surface area contributed by atoms with E-state index in [-0.39, 0.29) is 35.6 Å². The molecule has 2 heterocycles. The first-order chi connectivity index (χ1) is 17.5. The van der Waals surface area contributed by atoms with Gasteiger partial charge in [-0.3, -0.25) is 4.98 Å². The molecule has 0 spiro atoms. The number of aromatic hydroxyl groups is 2. The number of hydrogen-bond donors (Lipinski definition) is 3. The molecule has 5 rings (SSSR count). The van der Waals surface area contributed by atoms with Crippen LogP contribution in [0.25, 0.3) is 45.1 Å². The lowest BCUT2D eigenvalue weighted by Gasteiger charge is -2.12. The predicted molar refractivity (Wildman–Crippen MR) is 132 cm³/mol. The molecule has 0 saturated carbocycles. The molecule has 9 nitrogen and oxygen atoms in total. The zero-order valence-corrected chi connectivity index (χ0v) is 19.1. The molecule has 3 N–H and O–H groups in total. The van der Waals surface area contributed by atoms with Gasteiger partial charge in [0.25, 0.3) is 0 Å². The van der Waals surface area contributed by atoms with Crippen LogP contribution in [0.2, 0.25) is 0 Å². The maximum absolute atomic E-state index is 11.8. The first-order valence-corrected chi connectivity index (χ1v) is 10.9. The van der Waals surface area contributed by atoms with Crippen LogP contribution in [-0.2, 0) is 11.3 Å². The molecule has 0 aliphatic carbocycles. The van der Waals surface area contributed by atoms with Gasteiger partial charge in [0.2, 0.25) is 0 Å². The predicted octanol–water partition coefficient (Wildman–Crippen LogP) is 4.11. The molecule has 0 saturated heterocycles. The zero-order valence-electron chi connectivity index (χ0n) is 19.1. The van der Waals surface area contributed by atoms with Crippen molar-refractivity contribution in [2.75, 3.05) is 7.11 Å². The van der Waals surface area contributed by atoms with Gasteiger partial charge in [-0.2, -0.15) is 0 Å². The Morgan fingerprint density at radius 2 is 1.56 bits per heavy atom. The van der Waals surface area contributed by atoms with Gasteiger partial charge in [0.15, 0.2) is 17.5 Å². The number of aliphatic hydroxyl groups excluding tert-OH is 1. The Labute approximate surface area is 205 Å². The number of hydrogen-bond acceptors (Lipinski definition) is 9. The van der Waals surface area contributed by atoms with E-state index >= 15 is 0 Å². The zero-order chi connectivity index (χ0) is 25.2. The maximum Gasteiger partial charge on any atom is 0.337 e. The first-order valence-electron chi connectivity index (χ1n) is 10.9. The summed E-state index contributed by atoms with van der Waals surface area (Å²) in [6, 6.07) is 18.1. The minimum Gasteiger partial charge on any atom is -0.507 e. The standard InChI is InChI=1S/C27H20N4O5/c1-36-27(35)17-7-5-16(6-8-17)24-29-25(19-9-4-15(14-32)13-22(19)33)31-26(30-24)20-10-11-21-18(23(20)34)3-2-12-28-21/h2-13,32-34H,14H2,1H3. The van der Waals surface area contributed by atoms with Gasteiger partial charge in [-0.25, -0.2) is 19.7 Å². The van der Waals surface area contributed by atoms with Gasteiger partial charge < -0.3 is 20.1 Å². The van der Waals surface area contributed by atoms with Crippen LogP contribution in [0.1, 0.15) is 15.9 Å². The summed E-state index contributed by atoms with van der Waals surface area (Å²) < 4.78 is 4.76. The number of phenols is 2. The second-order valence-electron chi connectivity index (χ2n) is 7.92. The van der Waals surface area contributed by atoms with Crippen molar-refractivity contribution in [2.45, 2.75) is 6.61 Å². The molecule has 178 valence electrons. The summed E-state index contributed by atoms with van der Waals surface area (Å²) in [5, 5.41) is 31.5. The fraction of sp³-hybridized carbons (Fsp3) is 0.0741. The summed E-state index contributed by atoms with van der Waals surface area (Å²) in [6.45, 7) is -0.229. The Balaban J connectivity index is 1.71. The number of aromatic nitrogens is 4. The Morgan fingerprint density at radius 1 is 0.861 bits per heavy atom. The number of carbonyl (C=O) groups is 1. The van der Waals surface area contributed by atoms with Crippen molar-refractivity contribution in [3.8, 4) is 45.7 Å². The van der Waals surface area contributed by atoms with Gasteiger partial charge in [0.05, 0.1) is 35.9 Å². The highest BCUT2D eigenvalue weighted by molar-refractivity contribution is 5.92. The molecule has 0 aliphatic rings. The average molecular weight is 480 g/mol. The van der Waals surface area contributed by atoms with Gasteiger partial charge in [-0.05, 0) is 54.1 Å². The molecule has 0 aliphatic heterocycles. The van der Waals surface area contributed by atoms with Crippen LogP contribution >= 0.6 is 0 Å². The summed E-state index contributed by atoms with van der Waals surface area (Å²) in [6.07, 6.45) is 1.64. The minimum atomic E-state index is -0.470. The number of esters is 1. The van der Waals surface area contributed by atoms with E-state index in [0.29, 0.717) is 38.7 Å². The molecule has 0 amide bonds. The first kappa shape index (κ1) is 22.9. The van der Waals surface area contributed by atoms with Gasteiger partial charge in [-0.15, -0.1) is 0 Å². The second-order valence-corrected chi connectivity index (χ2v) is 7.92. The number of phenolic OH excluding ortho intramolecular Hbond substituents is 2. The fourth-order valence-corrected chi connectivity index (χ4v) is 3.80. The minimum absolute atomic E-state index is 0.0374. The number of rotatable bonds is 5. The van der Waals surface area contributed by atoms with Crippen LogP contribution in [0.3, 0.4) is 0 Å². The number of aliphatic hydroxyl groups is 1. The molecule has 36 heavy (non-hydrogen) atoms. The van der Waals surface area contributed by atoms with Crippen LogP contribution in [0.5, 0.6) is 11.5 Å². The molecule has 5 aromatic rings. The van der Waals surface area contributed by atoms with Crippen LogP contribution in [0.4, 0.5) is 0 Å². The maximum atomic E-state index is 11.8. The Bertz CT molecular complexity index is 1600. The van der Waals surface area contributed by atoms with E-state index < -0.39 is 5.97 Å². The molecule has 0 radical (unpaired) electrons. The van der Waals surface area contributed by atoms with Crippen molar-refractivity contribution in [1.82, 2.24) is 19.9 Å². The van der Waals surface area contributed by atoms with Gasteiger partial charge in [0, 0.05) is 17.1 Å². The third-order valence-electron chi connectivity index (χ3n) is 5.68. The van der Waals surface area contributed by atoms with E-state index in [1.807, 2.05) is 0 Å². The molecule has 2 aromatic heterocycles. The number of benzene rings is 3. The molecule has 0 bridgehead atoms. The summed E-state index contributed by atoms with van der Waals surface area (Å²) in [4.78, 5) is 29.8. The largest absolute Gasteiger partial charge is 0.507 e. The van der Waals surface area contributed by atoms with Gasteiger partial charge in [-0.1, -0.05) is 18.2 Å². The van der Waals surface area contributed by atoms with E-state index in [1.165, 1.54) is 13.2 Å². The number of methoxy groups -OCH3 is 1. The molecule has 0 unspecified atom stereocenters. The van der Waals surface area contributed by atoms with E-state index in [9.17, 15) is 20.1 Å². The monoisotopic (exact) mass is 480 g/mol. The number of pyridine rings is 1. The molecule has 3 aromatic carbocycles. The quantitative estimate of drug-likeness (QED) is 0.317. The summed E-state index contributed by atoms with van der Waals surface area (Å²) in [7, 11) is 1.31. The van der Waals surface area contributed by atoms with E-state index in [1.54, 1.807) is 66.9 Å². The molecular weight excluding hydrogens is 460 g/mol. The topological polar surface area (TPSA) is 139 Å². The summed E-state index contributed by atoms with van der Waals surface area (Å²) in [5.41, 5.74) is 2.78. The SMILES string of the molecule is COC(=O)c1ccc(-c2nc(-c3ccc(CO)cc3O)nc(-c3ccc4ncccc4c3O)n2)cc1. The Hall–Kier alpha value is -4.89. The van der Waals surface area contributed by atoms with E-state index in [0.717, 1.165) is 0 Å². The van der Waals surface area contributed by atoms with Crippen molar-refractivity contribution in [1.29, 1.82) is 0 Å². The number of nitrogens with zero attached hydrogens (tertiary/aromatic N) is 4. The lowest BCUT2D eigenvalue weighted by molar-refractivity contribution is 0.0600. The number of fused-ring (bicyclic) bond motifs is 1. The number of carbonyl (C=O) groups excluding carboxylic acids is 1. The van der Waals surface area contributed by atoms with Crippen LogP contribution < -0.4 is 0 Å². The molecular formula is C27H20N4O5. The smallest absolute Gasteiger partial charge is 0.337 e. The third kappa shape index (κ3) is 4.19. The van der Waals surface area contributed by atoms with Crippen molar-refractivity contribution in [3.05, 3.63) is 84.1 Å². The van der Waals surface area contributed by atoms with E-state index in [2.05, 4.69) is 19.9 Å². The summed E-state index contributed by atoms with van der Waals surface area (Å²) >= 11 is 0. The van der Waals surface area contributed by atoms with E-state index in [4.69, 9.17) is 4.74 Å². The molecule has 0 atom stereocenters. The molecule has 9 heteroatoms. The fourth-order valence-electron chi connectivity index (χ4n) is 3.80. The van der Waals surface area contributed by atoms with Crippen molar-refractivity contribution < 1.29 is 24.9 Å². The molecule has 0 fully saturated rings. The lowest BCUT2D eigenvalue weighted by atomic mass is 10.1. The van der Waals surface area contributed by atoms with Gasteiger partial charge >= 0.3 is 5.97 Å². The van der Waals surface area contributed by atoms with Crippen molar-refractivity contribution in [2.24, 2.45) is 0 Å². The van der Waals surface area contributed by atoms with Crippen LogP contribution in [-0.4, -0.2) is 48.3 Å². The number of ether oxygens (including phenoxy) is 1. The average Bonchev–Trinajstić information content (AvgIpc) is 2.92. The lowest BCUT2D eigenvalue weighted by Crippen LogP contribution is -2.02. The second kappa shape index (κ2) is 9.40. The highest BCUT2D eigenvalue weighted by atomic mass is 16.5. The third-order valence-corrected chi connectivity index (χ3v) is 5.68. The van der Waals surface area contributed by atoms with Crippen molar-refractivity contribution >= 4 is 16.9 Å². The highest BCUT2D eigenvalue weighted by Gasteiger charge is 2.18.